The zero-order valence-electron chi connectivity index (χ0n) is 14.5. The highest BCUT2D eigenvalue weighted by Crippen LogP contribution is 2.29. The van der Waals surface area contributed by atoms with Gasteiger partial charge in [0.15, 0.2) is 0 Å². The molecule has 0 saturated heterocycles. The van der Waals surface area contributed by atoms with Crippen molar-refractivity contribution in [1.82, 2.24) is 24.9 Å². The lowest BCUT2D eigenvalue weighted by atomic mass is 9.99. The van der Waals surface area contributed by atoms with Gasteiger partial charge in [0.1, 0.15) is 0 Å². The molecule has 1 aliphatic heterocycles. The molecule has 3 aromatic rings. The van der Waals surface area contributed by atoms with Crippen molar-refractivity contribution in [2.24, 2.45) is 5.92 Å². The number of aromatic nitrogens is 4. The Bertz CT molecular complexity index is 901. The van der Waals surface area contributed by atoms with Gasteiger partial charge in [0, 0.05) is 53.7 Å². The Morgan fingerprint density at radius 3 is 2.88 bits per heavy atom. The summed E-state index contributed by atoms with van der Waals surface area (Å²) in [5, 5.41) is 12.5. The maximum atomic E-state index is 12.9. The standard InChI is InChI=1S/C19H20ClN5O/c1-13(11-25-9-2-8-21-25)19(26)24-10-7-17-16(12-24)18(23-22-17)14-3-5-15(20)6-4-14/h2-6,8-9,13H,7,10-12H2,1H3,(H,22,23)/t13-/m1/s1. The summed E-state index contributed by atoms with van der Waals surface area (Å²) in [5.41, 5.74) is 4.11. The average Bonchev–Trinajstić information content (AvgIpc) is 3.31. The molecule has 1 aliphatic rings. The number of amides is 1. The van der Waals surface area contributed by atoms with Crippen molar-refractivity contribution in [2.75, 3.05) is 6.54 Å². The number of fused-ring (bicyclic) bond motifs is 1. The molecule has 3 heterocycles. The summed E-state index contributed by atoms with van der Waals surface area (Å²) < 4.78 is 1.80. The van der Waals surface area contributed by atoms with Crippen LogP contribution in [0.5, 0.6) is 0 Å². The number of nitrogens with one attached hydrogen (secondary N) is 1. The quantitative estimate of drug-likeness (QED) is 0.768. The molecule has 0 aliphatic carbocycles. The molecule has 0 fully saturated rings. The van der Waals surface area contributed by atoms with E-state index in [4.69, 9.17) is 11.6 Å². The van der Waals surface area contributed by atoms with Crippen molar-refractivity contribution in [3.05, 3.63) is 59.0 Å². The van der Waals surface area contributed by atoms with Gasteiger partial charge in [0.25, 0.3) is 0 Å². The fourth-order valence-electron chi connectivity index (χ4n) is 3.41. The maximum absolute atomic E-state index is 12.9. The summed E-state index contributed by atoms with van der Waals surface area (Å²) >= 11 is 5.99. The van der Waals surface area contributed by atoms with Gasteiger partial charge in [-0.1, -0.05) is 30.7 Å². The van der Waals surface area contributed by atoms with Crippen molar-refractivity contribution >= 4 is 17.5 Å². The first kappa shape index (κ1) is 16.8. The number of hydrogen-bond donors (Lipinski definition) is 1. The van der Waals surface area contributed by atoms with Gasteiger partial charge in [-0.15, -0.1) is 0 Å². The first-order valence-electron chi connectivity index (χ1n) is 8.70. The van der Waals surface area contributed by atoms with Gasteiger partial charge in [-0.25, -0.2) is 0 Å². The number of nitrogens with zero attached hydrogens (tertiary/aromatic N) is 4. The molecule has 134 valence electrons. The largest absolute Gasteiger partial charge is 0.338 e. The van der Waals surface area contributed by atoms with Crippen molar-refractivity contribution in [3.8, 4) is 11.3 Å². The Hall–Kier alpha value is -2.60. The van der Waals surface area contributed by atoms with Crippen molar-refractivity contribution < 1.29 is 4.79 Å². The van der Waals surface area contributed by atoms with Crippen LogP contribution in [0, 0.1) is 5.92 Å². The predicted molar refractivity (Wildman–Crippen MR) is 99.5 cm³/mol. The number of carbonyl (C=O) groups is 1. The van der Waals surface area contributed by atoms with E-state index in [9.17, 15) is 4.79 Å². The Balaban J connectivity index is 1.52. The number of rotatable bonds is 4. The van der Waals surface area contributed by atoms with E-state index in [1.807, 2.05) is 48.4 Å². The van der Waals surface area contributed by atoms with E-state index in [0.29, 0.717) is 24.7 Å². The number of benzene rings is 1. The normalized spacial score (nSPS) is 14.9. The van der Waals surface area contributed by atoms with Crippen molar-refractivity contribution in [3.63, 3.8) is 0 Å². The van der Waals surface area contributed by atoms with Gasteiger partial charge < -0.3 is 4.90 Å². The van der Waals surface area contributed by atoms with Crippen LogP contribution in [-0.4, -0.2) is 37.3 Å². The summed E-state index contributed by atoms with van der Waals surface area (Å²) in [6.07, 6.45) is 4.40. The third-order valence-electron chi connectivity index (χ3n) is 4.80. The van der Waals surface area contributed by atoms with Crippen LogP contribution in [0.2, 0.25) is 5.02 Å². The van der Waals surface area contributed by atoms with Crippen LogP contribution in [0.25, 0.3) is 11.3 Å². The Labute approximate surface area is 156 Å². The molecule has 1 N–H and O–H groups in total. The molecule has 7 heteroatoms. The van der Waals surface area contributed by atoms with Gasteiger partial charge >= 0.3 is 0 Å². The first-order valence-corrected chi connectivity index (χ1v) is 9.08. The highest BCUT2D eigenvalue weighted by atomic mass is 35.5. The minimum Gasteiger partial charge on any atom is -0.338 e. The van der Waals surface area contributed by atoms with Gasteiger partial charge in [0.05, 0.1) is 18.2 Å². The van der Waals surface area contributed by atoms with E-state index in [1.54, 1.807) is 10.9 Å². The van der Waals surface area contributed by atoms with Crippen LogP contribution in [0.4, 0.5) is 0 Å². The third kappa shape index (κ3) is 3.24. The molecule has 0 spiro atoms. The van der Waals surface area contributed by atoms with E-state index in [-0.39, 0.29) is 11.8 Å². The molecule has 26 heavy (non-hydrogen) atoms. The molecule has 1 aromatic carbocycles. The summed E-state index contributed by atoms with van der Waals surface area (Å²) in [7, 11) is 0. The second-order valence-corrected chi connectivity index (χ2v) is 7.11. The Kier molecular flexibility index (Phi) is 4.51. The van der Waals surface area contributed by atoms with E-state index < -0.39 is 0 Å². The van der Waals surface area contributed by atoms with Crippen LogP contribution in [0.3, 0.4) is 0 Å². The molecular weight excluding hydrogens is 350 g/mol. The van der Waals surface area contributed by atoms with Crippen LogP contribution < -0.4 is 0 Å². The highest BCUT2D eigenvalue weighted by Gasteiger charge is 2.28. The second-order valence-electron chi connectivity index (χ2n) is 6.68. The Morgan fingerprint density at radius 2 is 2.15 bits per heavy atom. The minimum absolute atomic E-state index is 0.123. The average molecular weight is 370 g/mol. The van der Waals surface area contributed by atoms with E-state index in [0.717, 1.165) is 28.9 Å². The fourth-order valence-corrected chi connectivity index (χ4v) is 3.53. The number of carbonyl (C=O) groups excluding carboxylic acids is 1. The molecule has 0 bridgehead atoms. The lowest BCUT2D eigenvalue weighted by molar-refractivity contribution is -0.136. The molecule has 4 rings (SSSR count). The van der Waals surface area contributed by atoms with Crippen molar-refractivity contribution in [1.29, 1.82) is 0 Å². The molecule has 0 radical (unpaired) electrons. The summed E-state index contributed by atoms with van der Waals surface area (Å²) in [6, 6.07) is 9.50. The molecule has 1 atom stereocenters. The number of aromatic amines is 1. The van der Waals surface area contributed by atoms with E-state index >= 15 is 0 Å². The van der Waals surface area contributed by atoms with Crippen LogP contribution in [-0.2, 0) is 24.3 Å². The smallest absolute Gasteiger partial charge is 0.227 e. The SMILES string of the molecule is C[C@H](Cn1cccn1)C(=O)N1CCc2[nH]nc(-c3ccc(Cl)cc3)c2C1. The van der Waals surface area contributed by atoms with E-state index in [2.05, 4.69) is 15.3 Å². The lowest BCUT2D eigenvalue weighted by Crippen LogP contribution is -2.40. The molecule has 2 aromatic heterocycles. The third-order valence-corrected chi connectivity index (χ3v) is 5.06. The zero-order chi connectivity index (χ0) is 18.1. The highest BCUT2D eigenvalue weighted by molar-refractivity contribution is 6.30. The maximum Gasteiger partial charge on any atom is 0.227 e. The van der Waals surface area contributed by atoms with Gasteiger partial charge in [0.2, 0.25) is 5.91 Å². The summed E-state index contributed by atoms with van der Waals surface area (Å²) in [5.74, 6) is 0.0248. The molecule has 0 unspecified atom stereocenters. The predicted octanol–water partition coefficient (Wildman–Crippen LogP) is 3.15. The minimum atomic E-state index is -0.123. The van der Waals surface area contributed by atoms with Crippen molar-refractivity contribution in [2.45, 2.75) is 26.4 Å². The molecule has 1 amide bonds. The van der Waals surface area contributed by atoms with E-state index in [1.165, 1.54) is 0 Å². The Morgan fingerprint density at radius 1 is 1.35 bits per heavy atom. The zero-order valence-corrected chi connectivity index (χ0v) is 15.3. The van der Waals surface area contributed by atoms with Gasteiger partial charge in [-0.3, -0.25) is 14.6 Å². The van der Waals surface area contributed by atoms with Gasteiger partial charge in [-0.05, 0) is 18.2 Å². The second kappa shape index (κ2) is 6.96. The van der Waals surface area contributed by atoms with Crippen LogP contribution >= 0.6 is 11.6 Å². The van der Waals surface area contributed by atoms with Crippen LogP contribution in [0.1, 0.15) is 18.2 Å². The first-order chi connectivity index (χ1) is 12.6. The molecule has 6 nitrogen and oxygen atoms in total. The summed E-state index contributed by atoms with van der Waals surface area (Å²) in [4.78, 5) is 14.8. The number of hydrogen-bond acceptors (Lipinski definition) is 3. The summed E-state index contributed by atoms with van der Waals surface area (Å²) in [6.45, 7) is 3.82. The molecule has 0 saturated carbocycles. The number of halogens is 1. The fraction of sp³-hybridized carbons (Fsp3) is 0.316. The number of H-pyrrole nitrogens is 1. The molecular formula is C19H20ClN5O. The van der Waals surface area contributed by atoms with Gasteiger partial charge in [-0.2, -0.15) is 10.2 Å². The van der Waals surface area contributed by atoms with Crippen LogP contribution in [0.15, 0.2) is 42.7 Å². The monoisotopic (exact) mass is 369 g/mol. The topological polar surface area (TPSA) is 66.8 Å². The lowest BCUT2D eigenvalue weighted by Gasteiger charge is -2.29.